The Morgan fingerprint density at radius 3 is 3.16 bits per heavy atom. The van der Waals surface area contributed by atoms with Gasteiger partial charge in [0.25, 0.3) is 0 Å². The molecule has 2 heterocycles. The number of likely N-dealkylation sites (tertiary alicyclic amines) is 1. The molecular weight excluding hydrogens is 240 g/mol. The zero-order valence-electron chi connectivity index (χ0n) is 11.3. The number of anilines is 2. The van der Waals surface area contributed by atoms with Crippen molar-refractivity contribution in [2.24, 2.45) is 0 Å². The first-order chi connectivity index (χ1) is 9.22. The normalized spacial score (nSPS) is 19.9. The Kier molecular flexibility index (Phi) is 4.53. The van der Waals surface area contributed by atoms with Crippen LogP contribution in [0.2, 0.25) is 0 Å². The summed E-state index contributed by atoms with van der Waals surface area (Å²) in [4.78, 5) is 10.7. The third kappa shape index (κ3) is 3.55. The Bertz CT molecular complexity index is 465. The van der Waals surface area contributed by atoms with Crippen LogP contribution in [0.1, 0.15) is 31.7 Å². The van der Waals surface area contributed by atoms with Crippen LogP contribution >= 0.6 is 0 Å². The van der Waals surface area contributed by atoms with Crippen molar-refractivity contribution in [2.75, 3.05) is 30.7 Å². The minimum absolute atomic E-state index is 0.237. The van der Waals surface area contributed by atoms with E-state index in [0.29, 0.717) is 17.6 Å². The largest absolute Gasteiger partial charge is 0.382 e. The van der Waals surface area contributed by atoms with Crippen LogP contribution in [0.5, 0.6) is 0 Å². The second-order valence-corrected chi connectivity index (χ2v) is 4.89. The molecule has 1 atom stereocenters. The molecule has 1 aromatic rings. The first-order valence-corrected chi connectivity index (χ1v) is 6.74. The lowest BCUT2D eigenvalue weighted by Gasteiger charge is -2.32. The van der Waals surface area contributed by atoms with Crippen LogP contribution in [0.3, 0.4) is 0 Å². The van der Waals surface area contributed by atoms with Crippen LogP contribution < -0.4 is 11.1 Å². The Labute approximate surface area is 113 Å². The van der Waals surface area contributed by atoms with Gasteiger partial charge < -0.3 is 16.0 Å². The van der Waals surface area contributed by atoms with E-state index in [1.165, 1.54) is 25.6 Å². The van der Waals surface area contributed by atoms with E-state index >= 15 is 0 Å². The molecule has 2 rings (SSSR count). The summed E-state index contributed by atoms with van der Waals surface area (Å²) >= 11 is 0. The summed E-state index contributed by atoms with van der Waals surface area (Å²) in [5.74, 6) is 0.751. The molecule has 0 bridgehead atoms. The summed E-state index contributed by atoms with van der Waals surface area (Å²) < 4.78 is 0. The summed E-state index contributed by atoms with van der Waals surface area (Å²) in [7, 11) is 0. The Morgan fingerprint density at radius 2 is 2.47 bits per heavy atom. The first kappa shape index (κ1) is 13.6. The minimum Gasteiger partial charge on any atom is -0.382 e. The molecule has 3 N–H and O–H groups in total. The Morgan fingerprint density at radius 1 is 1.63 bits per heavy atom. The highest BCUT2D eigenvalue weighted by atomic mass is 15.2. The molecule has 1 saturated heterocycles. The van der Waals surface area contributed by atoms with E-state index < -0.39 is 0 Å². The van der Waals surface area contributed by atoms with Gasteiger partial charge in [-0.3, -0.25) is 0 Å². The van der Waals surface area contributed by atoms with Gasteiger partial charge in [0.1, 0.15) is 17.5 Å². The average molecular weight is 260 g/mol. The molecule has 0 amide bonds. The highest BCUT2D eigenvalue weighted by molar-refractivity contribution is 5.49. The second kappa shape index (κ2) is 6.34. The molecule has 102 valence electrons. The van der Waals surface area contributed by atoms with Crippen molar-refractivity contribution in [1.82, 2.24) is 14.9 Å². The second-order valence-electron chi connectivity index (χ2n) is 4.89. The molecule has 19 heavy (non-hydrogen) atoms. The minimum atomic E-state index is 0.237. The highest BCUT2D eigenvalue weighted by Gasteiger charge is 2.19. The maximum absolute atomic E-state index is 8.79. The van der Waals surface area contributed by atoms with Gasteiger partial charge in [-0.25, -0.2) is 4.98 Å². The van der Waals surface area contributed by atoms with E-state index in [1.54, 1.807) is 0 Å². The molecule has 1 aromatic heterocycles. The van der Waals surface area contributed by atoms with E-state index in [0.717, 1.165) is 19.5 Å². The van der Waals surface area contributed by atoms with Crippen LogP contribution in [-0.4, -0.2) is 40.5 Å². The molecule has 0 unspecified atom stereocenters. The van der Waals surface area contributed by atoms with Crippen molar-refractivity contribution >= 4 is 11.8 Å². The molecule has 0 aliphatic carbocycles. The molecule has 6 heteroatoms. The van der Waals surface area contributed by atoms with Gasteiger partial charge in [0.15, 0.2) is 0 Å². The smallest absolute Gasteiger partial charge is 0.224 e. The van der Waals surface area contributed by atoms with Gasteiger partial charge >= 0.3 is 0 Å². The number of rotatable bonds is 4. The van der Waals surface area contributed by atoms with Gasteiger partial charge in [0.2, 0.25) is 5.95 Å². The zero-order chi connectivity index (χ0) is 13.7. The van der Waals surface area contributed by atoms with Gasteiger partial charge in [-0.1, -0.05) is 6.92 Å². The summed E-state index contributed by atoms with van der Waals surface area (Å²) in [5.41, 5.74) is 6.01. The van der Waals surface area contributed by atoms with E-state index in [1.807, 2.05) is 6.07 Å². The van der Waals surface area contributed by atoms with Gasteiger partial charge in [-0.05, 0) is 32.4 Å². The van der Waals surface area contributed by atoms with Gasteiger partial charge in [0, 0.05) is 12.6 Å². The molecule has 6 nitrogen and oxygen atoms in total. The van der Waals surface area contributed by atoms with Crippen molar-refractivity contribution in [3.05, 3.63) is 11.8 Å². The van der Waals surface area contributed by atoms with Crippen molar-refractivity contribution in [2.45, 2.75) is 32.2 Å². The molecule has 0 radical (unpaired) electrons. The molecule has 0 saturated carbocycles. The summed E-state index contributed by atoms with van der Waals surface area (Å²) in [5, 5.41) is 12.1. The number of nitrogens with two attached hydrogens (primary N) is 1. The number of hydrogen-bond donors (Lipinski definition) is 2. The van der Waals surface area contributed by atoms with E-state index in [4.69, 9.17) is 11.0 Å². The number of piperidine rings is 1. The van der Waals surface area contributed by atoms with Crippen LogP contribution in [0.4, 0.5) is 11.8 Å². The third-order valence-corrected chi connectivity index (χ3v) is 3.32. The van der Waals surface area contributed by atoms with Crippen molar-refractivity contribution < 1.29 is 0 Å². The fraction of sp³-hybridized carbons (Fsp3) is 0.615. The third-order valence-electron chi connectivity index (χ3n) is 3.32. The topological polar surface area (TPSA) is 90.9 Å². The monoisotopic (exact) mass is 260 g/mol. The molecule has 1 aliphatic rings. The maximum Gasteiger partial charge on any atom is 0.224 e. The summed E-state index contributed by atoms with van der Waals surface area (Å²) in [6, 6.07) is 2.32. The lowest BCUT2D eigenvalue weighted by molar-refractivity contribution is 0.216. The zero-order valence-corrected chi connectivity index (χ0v) is 11.3. The summed E-state index contributed by atoms with van der Waals surface area (Å²) in [6.07, 6.45) is 4.94. The quantitative estimate of drug-likeness (QED) is 0.845. The fourth-order valence-corrected chi connectivity index (χ4v) is 2.43. The first-order valence-electron chi connectivity index (χ1n) is 6.74. The van der Waals surface area contributed by atoms with Crippen LogP contribution in [0.25, 0.3) is 0 Å². The van der Waals surface area contributed by atoms with E-state index in [-0.39, 0.29) is 5.82 Å². The average Bonchev–Trinajstić information content (AvgIpc) is 2.40. The van der Waals surface area contributed by atoms with Crippen molar-refractivity contribution in [1.29, 1.82) is 5.26 Å². The Balaban J connectivity index is 1.97. The molecule has 1 fully saturated rings. The molecular formula is C13H20N6. The lowest BCUT2D eigenvalue weighted by atomic mass is 10.1. The Hall–Kier alpha value is -1.87. The number of hydrogen-bond acceptors (Lipinski definition) is 6. The van der Waals surface area contributed by atoms with Crippen LogP contribution in [0, 0.1) is 11.3 Å². The fourth-order valence-electron chi connectivity index (χ4n) is 2.43. The number of nitrogens with one attached hydrogen (secondary N) is 1. The number of nitriles is 1. The predicted molar refractivity (Wildman–Crippen MR) is 74.5 cm³/mol. The molecule has 1 aliphatic heterocycles. The van der Waals surface area contributed by atoms with E-state index in [2.05, 4.69) is 27.1 Å². The molecule has 0 aromatic carbocycles. The van der Waals surface area contributed by atoms with E-state index in [9.17, 15) is 0 Å². The van der Waals surface area contributed by atoms with Gasteiger partial charge in [-0.2, -0.15) is 10.2 Å². The summed E-state index contributed by atoms with van der Waals surface area (Å²) in [6.45, 7) is 5.51. The van der Waals surface area contributed by atoms with Gasteiger partial charge in [0.05, 0.1) is 6.20 Å². The number of aromatic nitrogens is 2. The van der Waals surface area contributed by atoms with Crippen molar-refractivity contribution in [3.8, 4) is 6.07 Å². The van der Waals surface area contributed by atoms with Crippen LogP contribution in [0.15, 0.2) is 6.20 Å². The number of nitrogens with zero attached hydrogens (tertiary/aromatic N) is 4. The standard InChI is InChI=1S/C13H20N6/c1-2-5-19-6-3-4-11(9-19)17-13-16-8-10(7-14)12(15)18-13/h8,11H,2-6,9H2,1H3,(H3,15,16,17,18)/t11-/m1/s1. The molecule has 0 spiro atoms. The number of nitrogen functional groups attached to an aromatic ring is 1. The lowest BCUT2D eigenvalue weighted by Crippen LogP contribution is -2.42. The van der Waals surface area contributed by atoms with Crippen LogP contribution in [-0.2, 0) is 0 Å². The van der Waals surface area contributed by atoms with Gasteiger partial charge in [-0.15, -0.1) is 0 Å². The highest BCUT2D eigenvalue weighted by Crippen LogP contribution is 2.15. The SMILES string of the molecule is CCCN1CCC[C@@H](Nc2ncc(C#N)c(N)n2)C1. The predicted octanol–water partition coefficient (Wildman–Crippen LogP) is 1.22. The van der Waals surface area contributed by atoms with Crippen molar-refractivity contribution in [3.63, 3.8) is 0 Å². The maximum atomic E-state index is 8.79.